The first kappa shape index (κ1) is 19.4. The molecule has 0 aromatic carbocycles. The summed E-state index contributed by atoms with van der Waals surface area (Å²) in [5.74, 6) is 0. The number of ether oxygens (including phenoxy) is 1. The zero-order valence-electron chi connectivity index (χ0n) is 16.1. The molecule has 144 valence electrons. The fourth-order valence-electron chi connectivity index (χ4n) is 3.31. The van der Waals surface area contributed by atoms with Crippen LogP contribution in [0.3, 0.4) is 0 Å². The van der Waals surface area contributed by atoms with E-state index in [-0.39, 0.29) is 23.3 Å². The summed E-state index contributed by atoms with van der Waals surface area (Å²) < 4.78 is 12.8. The summed E-state index contributed by atoms with van der Waals surface area (Å²) in [6, 6.07) is 1.61. The number of nitro groups is 1. The fourth-order valence-corrected chi connectivity index (χ4v) is 4.67. The SMILES string of the molecule is CC(C)(C)[Si](C)(C)O[C@H]1[C@H](O)C[C@H](c2ccncc2[N+](=O)[O-])OC12CC2. The number of hydrogen-bond acceptors (Lipinski definition) is 6. The van der Waals surface area contributed by atoms with Gasteiger partial charge in [-0.25, -0.2) is 0 Å². The second-order valence-electron chi connectivity index (χ2n) is 8.96. The van der Waals surface area contributed by atoms with E-state index in [0.717, 1.165) is 12.8 Å². The van der Waals surface area contributed by atoms with Gasteiger partial charge in [0.1, 0.15) is 12.3 Å². The highest BCUT2D eigenvalue weighted by Crippen LogP contribution is 2.55. The van der Waals surface area contributed by atoms with Crippen molar-refractivity contribution in [2.75, 3.05) is 0 Å². The molecule has 0 radical (unpaired) electrons. The van der Waals surface area contributed by atoms with Gasteiger partial charge in [-0.05, 0) is 37.0 Å². The van der Waals surface area contributed by atoms with Crippen molar-refractivity contribution in [1.29, 1.82) is 0 Å². The minimum absolute atomic E-state index is 0.0313. The van der Waals surface area contributed by atoms with Gasteiger partial charge < -0.3 is 14.3 Å². The standard InChI is InChI=1S/C18H28N2O5Si/c1-17(2,3)26(4,5)25-16-14(21)10-15(24-18(16)7-8-18)12-6-9-19-11-13(12)20(22)23/h6,9,11,14-16,21H,7-8,10H2,1-5H3/t14-,15-,16+/m1/s1. The van der Waals surface area contributed by atoms with E-state index in [1.54, 1.807) is 6.07 Å². The average Bonchev–Trinajstić information content (AvgIpc) is 3.30. The van der Waals surface area contributed by atoms with Crippen molar-refractivity contribution < 1.29 is 19.2 Å². The Balaban J connectivity index is 1.85. The van der Waals surface area contributed by atoms with Gasteiger partial charge in [0.15, 0.2) is 8.32 Å². The minimum atomic E-state index is -2.07. The molecule has 1 aliphatic heterocycles. The molecular weight excluding hydrogens is 352 g/mol. The van der Waals surface area contributed by atoms with Crippen molar-refractivity contribution >= 4 is 14.0 Å². The van der Waals surface area contributed by atoms with Gasteiger partial charge in [0.05, 0.1) is 28.3 Å². The van der Waals surface area contributed by atoms with Gasteiger partial charge in [0.2, 0.25) is 0 Å². The third-order valence-electron chi connectivity index (χ3n) is 6.05. The third-order valence-corrected chi connectivity index (χ3v) is 10.5. The summed E-state index contributed by atoms with van der Waals surface area (Å²) in [6.07, 6.45) is 3.05. The zero-order chi connectivity index (χ0) is 19.3. The van der Waals surface area contributed by atoms with E-state index in [1.807, 2.05) is 0 Å². The third kappa shape index (κ3) is 3.43. The smallest absolute Gasteiger partial charge is 0.293 e. The van der Waals surface area contributed by atoms with Gasteiger partial charge in [0, 0.05) is 12.6 Å². The molecule has 0 unspecified atom stereocenters. The van der Waals surface area contributed by atoms with Crippen LogP contribution in [-0.4, -0.2) is 41.1 Å². The van der Waals surface area contributed by atoms with Crippen LogP contribution in [0, 0.1) is 10.1 Å². The lowest BCUT2D eigenvalue weighted by Gasteiger charge is -2.46. The number of rotatable bonds is 4. The molecule has 1 saturated carbocycles. The van der Waals surface area contributed by atoms with Gasteiger partial charge in [-0.2, -0.15) is 0 Å². The largest absolute Gasteiger partial charge is 0.408 e. The first-order valence-corrected chi connectivity index (χ1v) is 12.0. The van der Waals surface area contributed by atoms with E-state index < -0.39 is 31.0 Å². The Bertz CT molecular complexity index is 699. The predicted molar refractivity (Wildman–Crippen MR) is 99.4 cm³/mol. The lowest BCUT2D eigenvalue weighted by atomic mass is 9.92. The maximum Gasteiger partial charge on any atom is 0.293 e. The molecule has 3 atom stereocenters. The number of hydrogen-bond donors (Lipinski definition) is 1. The minimum Gasteiger partial charge on any atom is -0.408 e. The van der Waals surface area contributed by atoms with Crippen LogP contribution in [0.15, 0.2) is 18.5 Å². The molecule has 26 heavy (non-hydrogen) atoms. The van der Waals surface area contributed by atoms with Crippen LogP contribution in [0.4, 0.5) is 5.69 Å². The fraction of sp³-hybridized carbons (Fsp3) is 0.722. The summed E-state index contributed by atoms with van der Waals surface area (Å²) in [6.45, 7) is 10.8. The number of aliphatic hydroxyl groups excluding tert-OH is 1. The van der Waals surface area contributed by atoms with Gasteiger partial charge in [0.25, 0.3) is 5.69 Å². The summed E-state index contributed by atoms with van der Waals surface area (Å²) in [4.78, 5) is 14.7. The van der Waals surface area contributed by atoms with Crippen molar-refractivity contribution in [3.63, 3.8) is 0 Å². The zero-order valence-corrected chi connectivity index (χ0v) is 17.1. The number of nitrogens with zero attached hydrogens (tertiary/aromatic N) is 2. The van der Waals surface area contributed by atoms with Crippen LogP contribution in [0.1, 0.15) is 51.7 Å². The van der Waals surface area contributed by atoms with Crippen LogP contribution in [-0.2, 0) is 9.16 Å². The first-order chi connectivity index (χ1) is 12.0. The number of aromatic nitrogens is 1. The highest BCUT2D eigenvalue weighted by Gasteiger charge is 2.60. The molecule has 1 aromatic heterocycles. The van der Waals surface area contributed by atoms with Gasteiger partial charge >= 0.3 is 0 Å². The van der Waals surface area contributed by atoms with E-state index >= 15 is 0 Å². The maximum absolute atomic E-state index is 11.3. The number of pyridine rings is 1. The highest BCUT2D eigenvalue weighted by atomic mass is 28.4. The Morgan fingerprint density at radius 3 is 2.62 bits per heavy atom. The second-order valence-corrected chi connectivity index (χ2v) is 13.7. The van der Waals surface area contributed by atoms with Crippen molar-refractivity contribution in [2.45, 2.75) is 82.1 Å². The lowest BCUT2D eigenvalue weighted by molar-refractivity contribution is -0.386. The van der Waals surface area contributed by atoms with Crippen molar-refractivity contribution in [1.82, 2.24) is 4.98 Å². The Morgan fingerprint density at radius 1 is 1.42 bits per heavy atom. The van der Waals surface area contributed by atoms with Crippen LogP contribution < -0.4 is 0 Å². The summed E-state index contributed by atoms with van der Waals surface area (Å²) in [5.41, 5.74) is -0.125. The molecule has 1 aromatic rings. The normalized spacial score (nSPS) is 28.2. The maximum atomic E-state index is 11.3. The Kier molecular flexibility index (Phi) is 4.75. The van der Waals surface area contributed by atoms with E-state index in [4.69, 9.17) is 9.16 Å². The molecule has 1 aliphatic carbocycles. The van der Waals surface area contributed by atoms with Gasteiger partial charge in [-0.15, -0.1) is 0 Å². The van der Waals surface area contributed by atoms with E-state index in [1.165, 1.54) is 12.4 Å². The Hall–Kier alpha value is -1.35. The van der Waals surface area contributed by atoms with Crippen LogP contribution >= 0.6 is 0 Å². The predicted octanol–water partition coefficient (Wildman–Crippen LogP) is 3.74. The molecule has 2 fully saturated rings. The molecule has 7 nitrogen and oxygen atoms in total. The molecule has 0 amide bonds. The Morgan fingerprint density at radius 2 is 2.08 bits per heavy atom. The summed E-state index contributed by atoms with van der Waals surface area (Å²) in [7, 11) is -2.07. The molecule has 1 saturated heterocycles. The quantitative estimate of drug-likeness (QED) is 0.486. The topological polar surface area (TPSA) is 94.7 Å². The van der Waals surface area contributed by atoms with E-state index in [9.17, 15) is 15.2 Å². The van der Waals surface area contributed by atoms with E-state index in [2.05, 4.69) is 38.8 Å². The summed E-state index contributed by atoms with van der Waals surface area (Å²) in [5, 5.41) is 22.2. The van der Waals surface area contributed by atoms with Gasteiger partial charge in [-0.1, -0.05) is 20.8 Å². The molecule has 2 aliphatic rings. The number of aliphatic hydroxyl groups is 1. The Labute approximate surface area is 155 Å². The molecule has 1 N–H and O–H groups in total. The van der Waals surface area contributed by atoms with Crippen LogP contribution in [0.25, 0.3) is 0 Å². The van der Waals surface area contributed by atoms with Gasteiger partial charge in [-0.3, -0.25) is 15.1 Å². The molecule has 2 heterocycles. The first-order valence-electron chi connectivity index (χ1n) is 9.09. The molecular formula is C18H28N2O5Si. The summed E-state index contributed by atoms with van der Waals surface area (Å²) >= 11 is 0. The monoisotopic (exact) mass is 380 g/mol. The van der Waals surface area contributed by atoms with Crippen LogP contribution in [0.2, 0.25) is 18.1 Å². The van der Waals surface area contributed by atoms with Crippen molar-refractivity contribution in [3.05, 3.63) is 34.1 Å². The van der Waals surface area contributed by atoms with Crippen LogP contribution in [0.5, 0.6) is 0 Å². The van der Waals surface area contributed by atoms with Crippen molar-refractivity contribution in [3.8, 4) is 0 Å². The van der Waals surface area contributed by atoms with E-state index in [0.29, 0.717) is 5.56 Å². The molecule has 0 bridgehead atoms. The average molecular weight is 381 g/mol. The molecule has 3 rings (SSSR count). The highest BCUT2D eigenvalue weighted by molar-refractivity contribution is 6.74. The second kappa shape index (κ2) is 6.37. The van der Waals surface area contributed by atoms with Crippen molar-refractivity contribution in [2.24, 2.45) is 0 Å². The molecule has 8 heteroatoms. The molecule has 1 spiro atoms. The lowest BCUT2D eigenvalue weighted by Crippen LogP contribution is -2.55.